The zero-order chi connectivity index (χ0) is 13.8. The molecule has 0 aliphatic heterocycles. The topological polar surface area (TPSA) is 40.5 Å². The lowest BCUT2D eigenvalue weighted by molar-refractivity contribution is 0.0697. The predicted molar refractivity (Wildman–Crippen MR) is 79.3 cm³/mol. The van der Waals surface area contributed by atoms with Gasteiger partial charge in [0.2, 0.25) is 0 Å². The van der Waals surface area contributed by atoms with Crippen molar-refractivity contribution in [2.24, 2.45) is 0 Å². The smallest absolute Gasteiger partial charge is 0.335 e. The molecule has 0 spiro atoms. The number of likely N-dealkylation sites (N-methyl/N-ethyl adjacent to an activating group) is 1. The fraction of sp³-hybridized carbons (Fsp3) is 0.267. The highest BCUT2D eigenvalue weighted by Crippen LogP contribution is 2.20. The quantitative estimate of drug-likeness (QED) is 0.907. The third-order valence-electron chi connectivity index (χ3n) is 3.24. The summed E-state index contributed by atoms with van der Waals surface area (Å²) in [5.41, 5.74) is 1.26. The second-order valence-corrected chi connectivity index (χ2v) is 5.63. The summed E-state index contributed by atoms with van der Waals surface area (Å²) in [7, 11) is 2.00. The number of aromatic carboxylic acids is 1. The van der Waals surface area contributed by atoms with E-state index >= 15 is 0 Å². The molecule has 100 valence electrons. The van der Waals surface area contributed by atoms with Crippen molar-refractivity contribution in [2.45, 2.75) is 19.4 Å². The molecule has 4 heteroatoms. The number of carboxylic acids is 1. The van der Waals surface area contributed by atoms with Crippen LogP contribution in [0.4, 0.5) is 5.69 Å². The molecule has 0 bridgehead atoms. The monoisotopic (exact) mass is 275 g/mol. The lowest BCUT2D eigenvalue weighted by Crippen LogP contribution is -2.30. The van der Waals surface area contributed by atoms with Crippen LogP contribution in [0.3, 0.4) is 0 Å². The van der Waals surface area contributed by atoms with Crippen molar-refractivity contribution in [3.8, 4) is 0 Å². The first kappa shape index (κ1) is 13.6. The minimum Gasteiger partial charge on any atom is -0.478 e. The number of anilines is 1. The first-order valence-electron chi connectivity index (χ1n) is 6.16. The molecular weight excluding hydrogens is 258 g/mol. The van der Waals surface area contributed by atoms with Crippen molar-refractivity contribution in [1.29, 1.82) is 0 Å². The molecule has 0 fully saturated rings. The summed E-state index contributed by atoms with van der Waals surface area (Å²) in [6, 6.07) is 11.6. The van der Waals surface area contributed by atoms with Crippen LogP contribution in [0.15, 0.2) is 41.8 Å². The lowest BCUT2D eigenvalue weighted by atomic mass is 10.1. The number of rotatable bonds is 5. The van der Waals surface area contributed by atoms with Gasteiger partial charge in [-0.2, -0.15) is 0 Å². The van der Waals surface area contributed by atoms with Crippen LogP contribution in [-0.2, 0) is 6.42 Å². The van der Waals surface area contributed by atoms with Gasteiger partial charge in [-0.15, -0.1) is 11.3 Å². The molecule has 2 aromatic rings. The molecule has 0 saturated carbocycles. The van der Waals surface area contributed by atoms with Crippen molar-refractivity contribution in [3.63, 3.8) is 0 Å². The van der Waals surface area contributed by atoms with Gasteiger partial charge < -0.3 is 10.0 Å². The number of hydrogen-bond donors (Lipinski definition) is 1. The van der Waals surface area contributed by atoms with E-state index in [0.717, 1.165) is 12.1 Å². The zero-order valence-corrected chi connectivity index (χ0v) is 11.9. The van der Waals surface area contributed by atoms with Crippen LogP contribution in [0.1, 0.15) is 22.2 Å². The summed E-state index contributed by atoms with van der Waals surface area (Å²) in [6.45, 7) is 2.15. The Balaban J connectivity index is 2.12. The Labute approximate surface area is 117 Å². The third kappa shape index (κ3) is 3.35. The van der Waals surface area contributed by atoms with E-state index in [2.05, 4.69) is 29.3 Å². The van der Waals surface area contributed by atoms with Crippen LogP contribution in [0.2, 0.25) is 0 Å². The van der Waals surface area contributed by atoms with Gasteiger partial charge in [0.05, 0.1) is 5.56 Å². The molecular formula is C15H17NO2S. The molecule has 1 atom stereocenters. The Morgan fingerprint density at radius 1 is 1.37 bits per heavy atom. The molecule has 0 radical (unpaired) electrons. The zero-order valence-electron chi connectivity index (χ0n) is 11.0. The van der Waals surface area contributed by atoms with Gasteiger partial charge in [0.25, 0.3) is 0 Å². The average molecular weight is 275 g/mol. The molecule has 1 N–H and O–H groups in total. The van der Waals surface area contributed by atoms with Gasteiger partial charge in [-0.05, 0) is 36.6 Å². The Hall–Kier alpha value is -1.81. The summed E-state index contributed by atoms with van der Waals surface area (Å²) < 4.78 is 0. The van der Waals surface area contributed by atoms with Gasteiger partial charge in [-0.1, -0.05) is 12.1 Å². The molecule has 19 heavy (non-hydrogen) atoms. The number of thiophene rings is 1. The van der Waals surface area contributed by atoms with Crippen LogP contribution in [0.5, 0.6) is 0 Å². The number of benzene rings is 1. The van der Waals surface area contributed by atoms with Crippen LogP contribution < -0.4 is 4.90 Å². The highest BCUT2D eigenvalue weighted by Gasteiger charge is 2.13. The summed E-state index contributed by atoms with van der Waals surface area (Å²) >= 11 is 1.75. The van der Waals surface area contributed by atoms with Gasteiger partial charge in [0.15, 0.2) is 0 Å². The lowest BCUT2D eigenvalue weighted by Gasteiger charge is -2.27. The molecule has 0 aliphatic rings. The molecule has 0 amide bonds. The molecule has 1 aromatic carbocycles. The fourth-order valence-electron chi connectivity index (χ4n) is 1.97. The highest BCUT2D eigenvalue weighted by molar-refractivity contribution is 7.09. The minimum absolute atomic E-state index is 0.322. The Kier molecular flexibility index (Phi) is 4.22. The van der Waals surface area contributed by atoms with Crippen LogP contribution in [-0.4, -0.2) is 24.2 Å². The molecule has 1 unspecified atom stereocenters. The van der Waals surface area contributed by atoms with Crippen molar-refractivity contribution in [1.82, 2.24) is 0 Å². The number of carboxylic acid groups (broad SMARTS) is 1. The Bertz CT molecular complexity index is 551. The summed E-state index contributed by atoms with van der Waals surface area (Å²) in [4.78, 5) is 14.4. The van der Waals surface area contributed by atoms with E-state index in [1.165, 1.54) is 4.88 Å². The van der Waals surface area contributed by atoms with E-state index in [-0.39, 0.29) is 0 Å². The number of hydrogen-bond acceptors (Lipinski definition) is 3. The first-order chi connectivity index (χ1) is 9.08. The maximum Gasteiger partial charge on any atom is 0.335 e. The van der Waals surface area contributed by atoms with E-state index < -0.39 is 5.97 Å². The van der Waals surface area contributed by atoms with E-state index in [4.69, 9.17) is 5.11 Å². The molecule has 1 heterocycles. The van der Waals surface area contributed by atoms with E-state index in [9.17, 15) is 4.79 Å². The predicted octanol–water partition coefficient (Wildman–Crippen LogP) is 3.51. The molecule has 0 saturated heterocycles. The average Bonchev–Trinajstić information content (AvgIpc) is 2.90. The Morgan fingerprint density at radius 3 is 2.79 bits per heavy atom. The summed E-state index contributed by atoms with van der Waals surface area (Å²) in [5, 5.41) is 11.1. The van der Waals surface area contributed by atoms with Gasteiger partial charge in [-0.25, -0.2) is 4.79 Å². The van der Waals surface area contributed by atoms with Crippen LogP contribution >= 0.6 is 11.3 Å². The summed E-state index contributed by atoms with van der Waals surface area (Å²) in [5.74, 6) is -0.888. The largest absolute Gasteiger partial charge is 0.478 e. The first-order valence-corrected chi connectivity index (χ1v) is 7.04. The van der Waals surface area contributed by atoms with Crippen LogP contribution in [0.25, 0.3) is 0 Å². The van der Waals surface area contributed by atoms with Gasteiger partial charge in [0.1, 0.15) is 0 Å². The third-order valence-corrected chi connectivity index (χ3v) is 4.14. The number of carbonyl (C=O) groups is 1. The van der Waals surface area contributed by atoms with E-state index in [1.807, 2.05) is 13.1 Å². The molecule has 0 aliphatic carbocycles. The van der Waals surface area contributed by atoms with E-state index in [1.54, 1.807) is 29.5 Å². The molecule has 2 rings (SSSR count). The van der Waals surface area contributed by atoms with Crippen molar-refractivity contribution < 1.29 is 9.90 Å². The normalized spacial score (nSPS) is 12.1. The maximum absolute atomic E-state index is 11.0. The van der Waals surface area contributed by atoms with Crippen molar-refractivity contribution in [2.75, 3.05) is 11.9 Å². The van der Waals surface area contributed by atoms with Crippen molar-refractivity contribution in [3.05, 3.63) is 52.2 Å². The number of nitrogens with zero attached hydrogens (tertiary/aromatic N) is 1. The second-order valence-electron chi connectivity index (χ2n) is 4.60. The van der Waals surface area contributed by atoms with Gasteiger partial charge in [0, 0.05) is 30.1 Å². The summed E-state index contributed by atoms with van der Waals surface area (Å²) in [6.07, 6.45) is 0.964. The SMILES string of the molecule is CC(Cc1cccs1)N(C)c1cccc(C(=O)O)c1. The highest BCUT2D eigenvalue weighted by atomic mass is 32.1. The fourth-order valence-corrected chi connectivity index (χ4v) is 2.80. The maximum atomic E-state index is 11.0. The molecule has 3 nitrogen and oxygen atoms in total. The molecule has 1 aromatic heterocycles. The van der Waals surface area contributed by atoms with Gasteiger partial charge in [-0.3, -0.25) is 0 Å². The van der Waals surface area contributed by atoms with Gasteiger partial charge >= 0.3 is 5.97 Å². The van der Waals surface area contributed by atoms with E-state index in [0.29, 0.717) is 11.6 Å². The minimum atomic E-state index is -0.888. The second kappa shape index (κ2) is 5.89. The Morgan fingerprint density at radius 2 is 2.16 bits per heavy atom. The standard InChI is InChI=1S/C15H17NO2S/c1-11(9-14-7-4-8-19-14)16(2)13-6-3-5-12(10-13)15(17)18/h3-8,10-11H,9H2,1-2H3,(H,17,18). The van der Waals surface area contributed by atoms with Crippen molar-refractivity contribution >= 4 is 23.0 Å². The van der Waals surface area contributed by atoms with Crippen LogP contribution in [0, 0.1) is 0 Å².